The zero-order valence-corrected chi connectivity index (χ0v) is 18.0. The molecule has 0 saturated carbocycles. The summed E-state index contributed by atoms with van der Waals surface area (Å²) >= 11 is 1.71. The van der Waals surface area contributed by atoms with Crippen molar-refractivity contribution < 1.29 is 14.5 Å². The number of anilines is 2. The predicted molar refractivity (Wildman–Crippen MR) is 119 cm³/mol. The summed E-state index contributed by atoms with van der Waals surface area (Å²) in [4.78, 5) is 35.6. The molecule has 30 heavy (non-hydrogen) atoms. The van der Waals surface area contributed by atoms with Crippen molar-refractivity contribution in [2.24, 2.45) is 0 Å². The van der Waals surface area contributed by atoms with E-state index >= 15 is 0 Å². The second-order valence-electron chi connectivity index (χ2n) is 8.22. The molecule has 2 aliphatic rings. The van der Waals surface area contributed by atoms with Gasteiger partial charge in [-0.2, -0.15) is 0 Å². The molecule has 1 aromatic heterocycles. The van der Waals surface area contributed by atoms with Crippen molar-refractivity contribution in [2.45, 2.75) is 26.3 Å². The number of para-hydroxylation sites is 1. The molecule has 2 fully saturated rings. The maximum atomic E-state index is 13.2. The van der Waals surface area contributed by atoms with Gasteiger partial charge < -0.3 is 9.80 Å². The Hall–Kier alpha value is -2.77. The summed E-state index contributed by atoms with van der Waals surface area (Å²) in [5.41, 5.74) is 3.86. The third-order valence-electron chi connectivity index (χ3n) is 6.19. The number of rotatable bonds is 3. The van der Waals surface area contributed by atoms with Crippen LogP contribution in [0.4, 0.5) is 10.8 Å². The van der Waals surface area contributed by atoms with Crippen LogP contribution in [-0.2, 0) is 9.59 Å². The fourth-order valence-electron chi connectivity index (χ4n) is 4.59. The molecule has 0 aliphatic carbocycles. The summed E-state index contributed by atoms with van der Waals surface area (Å²) in [7, 11) is 0. The lowest BCUT2D eigenvalue weighted by Crippen LogP contribution is -3.19. The summed E-state index contributed by atoms with van der Waals surface area (Å²) in [6, 6.07) is 13.8. The summed E-state index contributed by atoms with van der Waals surface area (Å²) in [5.74, 6) is -0.145. The number of carbonyl (C=O) groups is 2. The van der Waals surface area contributed by atoms with Gasteiger partial charge in [0.2, 0.25) is 5.91 Å². The Bertz CT molecular complexity index is 1100. The predicted octanol–water partition coefficient (Wildman–Crippen LogP) is 1.95. The van der Waals surface area contributed by atoms with E-state index in [1.165, 1.54) is 14.5 Å². The Labute approximate surface area is 179 Å². The van der Waals surface area contributed by atoms with E-state index in [2.05, 4.69) is 11.0 Å². The van der Waals surface area contributed by atoms with Crippen LogP contribution in [0.3, 0.4) is 0 Å². The second-order valence-corrected chi connectivity index (χ2v) is 9.23. The molecular formula is C23H25N4O2S+. The SMILES string of the molecule is Cc1ccc(N2C(=O)C[C@@H]([NH+]3CCN(c4nc5ccccc5s4)CC3)C2=O)c(C)c1. The molecular weight excluding hydrogens is 396 g/mol. The summed E-state index contributed by atoms with van der Waals surface area (Å²) in [6.45, 7) is 7.33. The van der Waals surface area contributed by atoms with Crippen LogP contribution in [0.25, 0.3) is 10.2 Å². The maximum Gasteiger partial charge on any atom is 0.292 e. The number of imide groups is 1. The standard InChI is InChI=1S/C23H24N4O2S/c1-15-7-8-18(16(2)13-15)27-21(28)14-19(22(27)29)25-9-11-26(12-10-25)23-24-17-5-3-4-6-20(17)30-23/h3-8,13,19H,9-12,14H2,1-2H3/p+1/t19-/m1/s1. The molecule has 2 aromatic carbocycles. The van der Waals surface area contributed by atoms with Crippen LogP contribution in [0.15, 0.2) is 42.5 Å². The lowest BCUT2D eigenvalue weighted by atomic mass is 10.1. The van der Waals surface area contributed by atoms with Gasteiger partial charge in [0.05, 0.1) is 48.5 Å². The third-order valence-corrected chi connectivity index (χ3v) is 7.29. The van der Waals surface area contributed by atoms with Crippen molar-refractivity contribution in [3.8, 4) is 0 Å². The van der Waals surface area contributed by atoms with Crippen molar-refractivity contribution in [3.63, 3.8) is 0 Å². The lowest BCUT2D eigenvalue weighted by molar-refractivity contribution is -0.915. The smallest absolute Gasteiger partial charge is 0.292 e. The number of benzene rings is 2. The third kappa shape index (κ3) is 3.28. The molecule has 2 aliphatic heterocycles. The minimum absolute atomic E-state index is 0.0598. The Morgan fingerprint density at radius 1 is 1.07 bits per heavy atom. The van der Waals surface area contributed by atoms with Gasteiger partial charge in [-0.3, -0.25) is 9.59 Å². The van der Waals surface area contributed by atoms with Crippen LogP contribution in [0.2, 0.25) is 0 Å². The van der Waals surface area contributed by atoms with Gasteiger partial charge in [-0.05, 0) is 37.6 Å². The van der Waals surface area contributed by atoms with Gasteiger partial charge in [0.1, 0.15) is 0 Å². The van der Waals surface area contributed by atoms with Gasteiger partial charge in [-0.15, -0.1) is 0 Å². The number of fused-ring (bicyclic) bond motifs is 1. The highest BCUT2D eigenvalue weighted by Crippen LogP contribution is 2.29. The largest absolute Gasteiger partial charge is 0.337 e. The van der Waals surface area contributed by atoms with Crippen LogP contribution < -0.4 is 14.7 Å². The zero-order valence-electron chi connectivity index (χ0n) is 17.2. The number of nitrogens with zero attached hydrogens (tertiary/aromatic N) is 3. The van der Waals surface area contributed by atoms with E-state index in [1.54, 1.807) is 11.3 Å². The van der Waals surface area contributed by atoms with Crippen LogP contribution in [0, 0.1) is 13.8 Å². The molecule has 1 N–H and O–H groups in total. The number of amides is 2. The molecule has 0 unspecified atom stereocenters. The fraction of sp³-hybridized carbons (Fsp3) is 0.348. The molecule has 5 rings (SSSR count). The van der Waals surface area contributed by atoms with E-state index in [0.29, 0.717) is 6.42 Å². The first-order chi connectivity index (χ1) is 14.5. The number of nitrogens with one attached hydrogen (secondary N) is 1. The van der Waals surface area contributed by atoms with Crippen LogP contribution in [0.1, 0.15) is 17.5 Å². The average Bonchev–Trinajstić information content (AvgIpc) is 3.30. The highest BCUT2D eigenvalue weighted by molar-refractivity contribution is 7.22. The summed E-state index contributed by atoms with van der Waals surface area (Å²) < 4.78 is 1.20. The Kier molecular flexibility index (Phi) is 4.79. The van der Waals surface area contributed by atoms with E-state index in [-0.39, 0.29) is 17.9 Å². The molecule has 1 atom stereocenters. The monoisotopic (exact) mass is 421 g/mol. The number of aromatic nitrogens is 1. The molecule has 154 valence electrons. The number of hydrogen-bond acceptors (Lipinski definition) is 5. The highest BCUT2D eigenvalue weighted by Gasteiger charge is 2.46. The Morgan fingerprint density at radius 2 is 1.83 bits per heavy atom. The summed E-state index contributed by atoms with van der Waals surface area (Å²) in [5, 5.41) is 1.04. The van der Waals surface area contributed by atoms with Gasteiger partial charge in [-0.25, -0.2) is 9.88 Å². The molecule has 7 heteroatoms. The molecule has 3 heterocycles. The minimum atomic E-state index is -0.282. The number of hydrogen-bond donors (Lipinski definition) is 1. The van der Waals surface area contributed by atoms with Crippen molar-refractivity contribution in [2.75, 3.05) is 36.0 Å². The lowest BCUT2D eigenvalue weighted by Gasteiger charge is -2.34. The topological polar surface area (TPSA) is 58.0 Å². The molecule has 2 amide bonds. The maximum absolute atomic E-state index is 13.2. The fourth-order valence-corrected chi connectivity index (χ4v) is 5.61. The number of aryl methyl sites for hydroxylation is 2. The average molecular weight is 422 g/mol. The Balaban J connectivity index is 1.29. The first kappa shape index (κ1) is 19.2. The number of carbonyl (C=O) groups excluding carboxylic acids is 2. The molecule has 6 nitrogen and oxygen atoms in total. The molecule has 0 bridgehead atoms. The highest BCUT2D eigenvalue weighted by atomic mass is 32.1. The van der Waals surface area contributed by atoms with E-state index < -0.39 is 0 Å². The van der Waals surface area contributed by atoms with Gasteiger partial charge in [-0.1, -0.05) is 41.2 Å². The quantitative estimate of drug-likeness (QED) is 0.657. The van der Waals surface area contributed by atoms with Crippen LogP contribution in [0.5, 0.6) is 0 Å². The first-order valence-corrected chi connectivity index (χ1v) is 11.2. The van der Waals surface area contributed by atoms with Crippen molar-refractivity contribution in [1.29, 1.82) is 0 Å². The number of piperazine rings is 1. The van der Waals surface area contributed by atoms with Gasteiger partial charge in [0.15, 0.2) is 11.2 Å². The van der Waals surface area contributed by atoms with E-state index in [0.717, 1.165) is 53.6 Å². The van der Waals surface area contributed by atoms with Gasteiger partial charge in [0.25, 0.3) is 5.91 Å². The normalized spacial score (nSPS) is 20.5. The zero-order chi connectivity index (χ0) is 20.8. The van der Waals surface area contributed by atoms with Crippen molar-refractivity contribution in [1.82, 2.24) is 4.98 Å². The number of thiazole rings is 1. The van der Waals surface area contributed by atoms with Crippen molar-refractivity contribution >= 4 is 44.2 Å². The van der Waals surface area contributed by atoms with Gasteiger partial charge in [0, 0.05) is 0 Å². The number of quaternary nitrogens is 1. The first-order valence-electron chi connectivity index (χ1n) is 10.4. The van der Waals surface area contributed by atoms with E-state index in [4.69, 9.17) is 4.98 Å². The second kappa shape index (κ2) is 7.49. The van der Waals surface area contributed by atoms with E-state index in [1.807, 2.05) is 50.2 Å². The Morgan fingerprint density at radius 3 is 2.57 bits per heavy atom. The molecule has 3 aromatic rings. The molecule has 2 saturated heterocycles. The van der Waals surface area contributed by atoms with Gasteiger partial charge >= 0.3 is 0 Å². The van der Waals surface area contributed by atoms with Crippen LogP contribution >= 0.6 is 11.3 Å². The van der Waals surface area contributed by atoms with Crippen molar-refractivity contribution in [3.05, 3.63) is 53.6 Å². The minimum Gasteiger partial charge on any atom is -0.337 e. The van der Waals surface area contributed by atoms with E-state index in [9.17, 15) is 9.59 Å². The van der Waals surface area contributed by atoms with Crippen LogP contribution in [-0.4, -0.2) is 49.0 Å². The summed E-state index contributed by atoms with van der Waals surface area (Å²) in [6.07, 6.45) is 0.294. The molecule has 0 spiro atoms. The molecule has 0 radical (unpaired) electrons.